The molecule has 7 nitrogen and oxygen atoms in total. The Morgan fingerprint density at radius 2 is 1.86 bits per heavy atom. The number of aryl methyl sites for hydroxylation is 2. The average Bonchev–Trinajstić information content (AvgIpc) is 3.38. The van der Waals surface area contributed by atoms with Gasteiger partial charge >= 0.3 is 0 Å². The molecule has 5 rings (SSSR count). The number of hydrogen-bond donors (Lipinski definition) is 2. The summed E-state index contributed by atoms with van der Waals surface area (Å²) in [7, 11) is 0. The molecule has 0 aliphatic carbocycles. The first-order valence-corrected chi connectivity index (χ1v) is 15.6. The van der Waals surface area contributed by atoms with Crippen molar-refractivity contribution in [2.24, 2.45) is 0 Å². The molecule has 4 aromatic rings. The first-order valence-electron chi connectivity index (χ1n) is 14.3. The fraction of sp³-hybridized carbons (Fsp3) is 0.303. The Bertz CT molecular complexity index is 1600. The summed E-state index contributed by atoms with van der Waals surface area (Å²) >= 11 is 7.89. The highest BCUT2D eigenvalue weighted by atomic mass is 35.5. The lowest BCUT2D eigenvalue weighted by Crippen LogP contribution is -2.31. The second-order valence-corrected chi connectivity index (χ2v) is 11.9. The first-order chi connectivity index (χ1) is 20.3. The van der Waals surface area contributed by atoms with Crippen molar-refractivity contribution in [1.82, 2.24) is 14.8 Å². The molecule has 1 unspecified atom stereocenters. The largest absolute Gasteiger partial charge is 0.494 e. The minimum atomic E-state index is -0.483. The smallest absolute Gasteiger partial charge is 0.255 e. The summed E-state index contributed by atoms with van der Waals surface area (Å²) in [4.78, 5) is 18.7. The van der Waals surface area contributed by atoms with Crippen LogP contribution in [0.2, 0.25) is 5.02 Å². The molecule has 0 radical (unpaired) electrons. The van der Waals surface area contributed by atoms with E-state index >= 15 is 0 Å². The monoisotopic (exact) mass is 601 g/mol. The van der Waals surface area contributed by atoms with E-state index < -0.39 is 6.04 Å². The van der Waals surface area contributed by atoms with Gasteiger partial charge in [0.15, 0.2) is 0 Å². The number of carbonyl (C=O) groups excluding carboxylic acids is 1. The van der Waals surface area contributed by atoms with Crippen molar-refractivity contribution < 1.29 is 9.53 Å². The maximum atomic E-state index is 13.9. The third-order valence-electron chi connectivity index (χ3n) is 7.23. The number of allylic oxidation sites excluding steroid dienone is 1. The van der Waals surface area contributed by atoms with Gasteiger partial charge in [0, 0.05) is 22.2 Å². The van der Waals surface area contributed by atoms with E-state index in [9.17, 15) is 4.79 Å². The predicted molar refractivity (Wildman–Crippen MR) is 172 cm³/mol. The summed E-state index contributed by atoms with van der Waals surface area (Å²) in [6.07, 6.45) is 3.31. The molecule has 0 saturated heterocycles. The number of anilines is 2. The summed E-state index contributed by atoms with van der Waals surface area (Å²) in [5, 5.41) is 12.6. The van der Waals surface area contributed by atoms with Crippen molar-refractivity contribution >= 4 is 40.9 Å². The van der Waals surface area contributed by atoms with Crippen LogP contribution in [0.5, 0.6) is 5.75 Å². The van der Waals surface area contributed by atoms with Crippen molar-refractivity contribution in [3.63, 3.8) is 0 Å². The molecular weight excluding hydrogens is 566 g/mol. The van der Waals surface area contributed by atoms with Crippen molar-refractivity contribution in [3.8, 4) is 5.75 Å². The van der Waals surface area contributed by atoms with E-state index in [2.05, 4.69) is 23.6 Å². The van der Waals surface area contributed by atoms with E-state index in [0.29, 0.717) is 34.1 Å². The summed E-state index contributed by atoms with van der Waals surface area (Å²) in [5.41, 5.74) is 6.16. The molecule has 1 aliphatic heterocycles. The molecule has 0 fully saturated rings. The number of halogens is 1. The molecule has 9 heteroatoms. The van der Waals surface area contributed by atoms with Crippen LogP contribution in [0, 0.1) is 13.8 Å². The Labute approximate surface area is 256 Å². The zero-order valence-corrected chi connectivity index (χ0v) is 26.0. The van der Waals surface area contributed by atoms with E-state index in [0.717, 1.165) is 58.7 Å². The van der Waals surface area contributed by atoms with Crippen LogP contribution in [0.4, 0.5) is 11.6 Å². The molecule has 1 aromatic heterocycles. The maximum absolute atomic E-state index is 13.9. The van der Waals surface area contributed by atoms with Crippen LogP contribution in [0.25, 0.3) is 0 Å². The van der Waals surface area contributed by atoms with Crippen LogP contribution in [0.1, 0.15) is 61.4 Å². The van der Waals surface area contributed by atoms with Crippen LogP contribution in [-0.4, -0.2) is 27.3 Å². The van der Waals surface area contributed by atoms with Gasteiger partial charge in [-0.15, -0.1) is 5.10 Å². The molecule has 1 aliphatic rings. The van der Waals surface area contributed by atoms with Gasteiger partial charge in [0.1, 0.15) is 11.8 Å². The van der Waals surface area contributed by atoms with Crippen molar-refractivity contribution in [2.75, 3.05) is 17.2 Å². The van der Waals surface area contributed by atoms with E-state index in [1.165, 1.54) is 11.8 Å². The summed E-state index contributed by atoms with van der Waals surface area (Å²) < 4.78 is 7.75. The van der Waals surface area contributed by atoms with E-state index in [-0.39, 0.29) is 5.91 Å². The third kappa shape index (κ3) is 6.82. The Kier molecular flexibility index (Phi) is 9.55. The maximum Gasteiger partial charge on any atom is 0.255 e. The molecule has 218 valence electrons. The van der Waals surface area contributed by atoms with Gasteiger partial charge in [-0.05, 0) is 68.1 Å². The normalized spacial score (nSPS) is 14.4. The van der Waals surface area contributed by atoms with Gasteiger partial charge < -0.3 is 15.4 Å². The summed E-state index contributed by atoms with van der Waals surface area (Å²) in [5.74, 6) is 1.83. The van der Waals surface area contributed by atoms with Gasteiger partial charge in [0.05, 0.1) is 12.2 Å². The predicted octanol–water partition coefficient (Wildman–Crippen LogP) is 8.34. The number of amides is 1. The molecular formula is C33H36ClN5O2S. The van der Waals surface area contributed by atoms with Gasteiger partial charge in [0.2, 0.25) is 11.1 Å². The standard InChI is InChI=1S/C33H36ClN5O2S/c1-5-6-9-18-41-26-15-13-24(14-16-26)30-29(31(40)36-28-17-12-21(2)19-22(28)3)23(4)35-32-37-33(38-39(30)32)42-20-25-10-7-8-11-27(25)34/h7-8,10-17,19,30H,5-6,9,18,20H2,1-4H3,(H,36,40)(H,35,37,38). The molecule has 42 heavy (non-hydrogen) atoms. The van der Waals surface area contributed by atoms with Crippen LogP contribution in [-0.2, 0) is 10.5 Å². The number of ether oxygens (including phenoxy) is 1. The van der Waals surface area contributed by atoms with E-state index in [1.807, 2.05) is 81.4 Å². The SMILES string of the molecule is CCCCCOc1ccc(C2C(C(=O)Nc3ccc(C)cc3C)=C(C)Nc3nc(SCc4ccccc4Cl)nn32)cc1. The number of carbonyl (C=O) groups is 1. The van der Waals surface area contributed by atoms with Crippen molar-refractivity contribution in [1.29, 1.82) is 0 Å². The second kappa shape index (κ2) is 13.5. The van der Waals surface area contributed by atoms with Gasteiger partial charge in [-0.1, -0.05) is 91.2 Å². The molecule has 3 aromatic carbocycles. The summed E-state index contributed by atoms with van der Waals surface area (Å²) in [6.45, 7) is 8.80. The Balaban J connectivity index is 1.46. The molecule has 2 N–H and O–H groups in total. The zero-order chi connectivity index (χ0) is 29.6. The molecule has 0 spiro atoms. The fourth-order valence-electron chi connectivity index (χ4n) is 4.98. The Morgan fingerprint density at radius 1 is 1.07 bits per heavy atom. The number of benzene rings is 3. The summed E-state index contributed by atoms with van der Waals surface area (Å²) in [6, 6.07) is 21.2. The quantitative estimate of drug-likeness (QED) is 0.133. The highest BCUT2D eigenvalue weighted by Crippen LogP contribution is 2.38. The van der Waals surface area contributed by atoms with Gasteiger partial charge in [-0.3, -0.25) is 4.79 Å². The Hall–Kier alpha value is -3.75. The number of rotatable bonds is 11. The number of hydrogen-bond acceptors (Lipinski definition) is 6. The molecule has 2 heterocycles. The van der Waals surface area contributed by atoms with Gasteiger partial charge in [0.25, 0.3) is 5.91 Å². The number of thioether (sulfide) groups is 1. The van der Waals surface area contributed by atoms with Crippen LogP contribution >= 0.6 is 23.4 Å². The van der Waals surface area contributed by atoms with Gasteiger partial charge in [-0.2, -0.15) is 4.98 Å². The number of unbranched alkanes of at least 4 members (excludes halogenated alkanes) is 2. The first kappa shape index (κ1) is 29.7. The minimum absolute atomic E-state index is 0.191. The highest BCUT2D eigenvalue weighted by Gasteiger charge is 2.34. The van der Waals surface area contributed by atoms with Crippen LogP contribution < -0.4 is 15.4 Å². The number of nitrogens with zero attached hydrogens (tertiary/aromatic N) is 3. The van der Waals surface area contributed by atoms with Crippen molar-refractivity contribution in [3.05, 3.63) is 105 Å². The molecule has 1 amide bonds. The number of aromatic nitrogens is 3. The number of fused-ring (bicyclic) bond motifs is 1. The lowest BCUT2D eigenvalue weighted by Gasteiger charge is -2.29. The third-order valence-corrected chi connectivity index (χ3v) is 8.49. The topological polar surface area (TPSA) is 81.1 Å². The Morgan fingerprint density at radius 3 is 2.60 bits per heavy atom. The fourth-order valence-corrected chi connectivity index (χ4v) is 6.10. The molecule has 1 atom stereocenters. The van der Waals surface area contributed by atoms with Crippen LogP contribution in [0.15, 0.2) is 83.2 Å². The minimum Gasteiger partial charge on any atom is -0.494 e. The average molecular weight is 602 g/mol. The second-order valence-electron chi connectivity index (χ2n) is 10.5. The van der Waals surface area contributed by atoms with Crippen LogP contribution in [0.3, 0.4) is 0 Å². The lowest BCUT2D eigenvalue weighted by molar-refractivity contribution is -0.113. The van der Waals surface area contributed by atoms with Gasteiger partial charge in [-0.25, -0.2) is 4.68 Å². The molecule has 0 saturated carbocycles. The van der Waals surface area contributed by atoms with Crippen molar-refractivity contribution in [2.45, 2.75) is 63.9 Å². The lowest BCUT2D eigenvalue weighted by atomic mass is 9.94. The van der Waals surface area contributed by atoms with E-state index in [1.54, 1.807) is 4.68 Å². The highest BCUT2D eigenvalue weighted by molar-refractivity contribution is 7.98. The van der Waals surface area contributed by atoms with E-state index in [4.69, 9.17) is 26.4 Å². The number of nitrogens with one attached hydrogen (secondary N) is 2. The molecule has 0 bridgehead atoms. The zero-order valence-electron chi connectivity index (χ0n) is 24.4.